The SMILES string of the molecule is CCCC(C)CC(=N)Cc1ccsc1N=CNc1ccc2c(c1)CCCCCCCCCC2. The Morgan fingerprint density at radius 1 is 1.03 bits per heavy atom. The fraction of sp³-hybridized carbons (Fsp3) is 0.586. The molecule has 0 spiro atoms. The molecule has 1 aliphatic carbocycles. The molecule has 3 rings (SSSR count). The molecule has 1 unspecified atom stereocenters. The molecule has 0 fully saturated rings. The van der Waals surface area contributed by atoms with E-state index < -0.39 is 0 Å². The second-order valence-electron chi connectivity index (χ2n) is 9.84. The van der Waals surface area contributed by atoms with Gasteiger partial charge in [-0.05, 0) is 78.3 Å². The summed E-state index contributed by atoms with van der Waals surface area (Å²) in [6.45, 7) is 4.47. The summed E-state index contributed by atoms with van der Waals surface area (Å²) in [5.41, 5.74) is 6.17. The van der Waals surface area contributed by atoms with E-state index in [1.807, 2.05) is 6.34 Å². The van der Waals surface area contributed by atoms with E-state index in [1.165, 1.54) is 93.7 Å². The minimum atomic E-state index is 0.592. The Kier molecular flexibility index (Phi) is 11.2. The first-order chi connectivity index (χ1) is 16.2. The van der Waals surface area contributed by atoms with Crippen molar-refractivity contribution in [2.75, 3.05) is 5.32 Å². The Labute approximate surface area is 205 Å². The lowest BCUT2D eigenvalue weighted by molar-refractivity contribution is 0.541. The van der Waals surface area contributed by atoms with E-state index in [1.54, 1.807) is 11.3 Å². The van der Waals surface area contributed by atoms with Gasteiger partial charge in [-0.25, -0.2) is 4.99 Å². The minimum Gasteiger partial charge on any atom is -0.346 e. The van der Waals surface area contributed by atoms with Gasteiger partial charge in [0.15, 0.2) is 0 Å². The quantitative estimate of drug-likeness (QED) is 0.281. The highest BCUT2D eigenvalue weighted by Crippen LogP contribution is 2.28. The first-order valence-electron chi connectivity index (χ1n) is 13.2. The molecule has 3 nitrogen and oxygen atoms in total. The minimum absolute atomic E-state index is 0.592. The summed E-state index contributed by atoms with van der Waals surface area (Å²) in [6.07, 6.45) is 19.2. The molecule has 1 atom stereocenters. The van der Waals surface area contributed by atoms with E-state index in [0.717, 1.165) is 22.8 Å². The Morgan fingerprint density at radius 2 is 1.73 bits per heavy atom. The second kappa shape index (κ2) is 14.3. The maximum atomic E-state index is 8.40. The maximum absolute atomic E-state index is 8.40. The zero-order valence-electron chi connectivity index (χ0n) is 20.8. The molecule has 33 heavy (non-hydrogen) atoms. The Bertz CT molecular complexity index is 883. The summed E-state index contributed by atoms with van der Waals surface area (Å²) >= 11 is 1.66. The van der Waals surface area contributed by atoms with Crippen LogP contribution >= 0.6 is 11.3 Å². The van der Waals surface area contributed by atoms with Crippen molar-refractivity contribution in [3.63, 3.8) is 0 Å². The van der Waals surface area contributed by atoms with Gasteiger partial charge in [0.25, 0.3) is 0 Å². The van der Waals surface area contributed by atoms with E-state index in [-0.39, 0.29) is 0 Å². The molecule has 1 heterocycles. The lowest BCUT2D eigenvalue weighted by Crippen LogP contribution is -2.07. The number of benzene rings is 1. The van der Waals surface area contributed by atoms with Crippen molar-refractivity contribution in [1.29, 1.82) is 5.41 Å². The van der Waals surface area contributed by atoms with Crippen LogP contribution in [0.3, 0.4) is 0 Å². The molecule has 1 aromatic heterocycles. The topological polar surface area (TPSA) is 48.2 Å². The van der Waals surface area contributed by atoms with Crippen LogP contribution in [0.5, 0.6) is 0 Å². The normalized spacial score (nSPS) is 16.5. The van der Waals surface area contributed by atoms with E-state index in [0.29, 0.717) is 12.3 Å². The number of thiophene rings is 1. The van der Waals surface area contributed by atoms with Gasteiger partial charge in [0.2, 0.25) is 0 Å². The van der Waals surface area contributed by atoms with E-state index in [4.69, 9.17) is 10.4 Å². The molecule has 0 bridgehead atoms. The van der Waals surface area contributed by atoms with E-state index >= 15 is 0 Å². The van der Waals surface area contributed by atoms with Gasteiger partial charge < -0.3 is 10.7 Å². The number of fused-ring (bicyclic) bond motifs is 1. The van der Waals surface area contributed by atoms with Crippen LogP contribution in [0, 0.1) is 11.3 Å². The molecule has 180 valence electrons. The average Bonchev–Trinajstić information content (AvgIpc) is 3.21. The number of nitrogens with zero attached hydrogens (tertiary/aromatic N) is 1. The van der Waals surface area contributed by atoms with Crippen LogP contribution in [0.25, 0.3) is 0 Å². The highest BCUT2D eigenvalue weighted by Gasteiger charge is 2.10. The molecule has 2 aromatic rings. The number of aliphatic imine (C=N–C) groups is 1. The van der Waals surface area contributed by atoms with Crippen molar-refractivity contribution in [3.05, 3.63) is 46.3 Å². The number of hydrogen-bond acceptors (Lipinski definition) is 3. The largest absolute Gasteiger partial charge is 0.346 e. The van der Waals surface area contributed by atoms with Gasteiger partial charge in [0, 0.05) is 17.8 Å². The van der Waals surface area contributed by atoms with Crippen molar-refractivity contribution in [1.82, 2.24) is 0 Å². The molecule has 4 heteroatoms. The van der Waals surface area contributed by atoms with Crippen LogP contribution in [0.15, 0.2) is 34.6 Å². The van der Waals surface area contributed by atoms with E-state index in [2.05, 4.69) is 48.8 Å². The van der Waals surface area contributed by atoms with Crippen molar-refractivity contribution in [2.24, 2.45) is 10.9 Å². The van der Waals surface area contributed by atoms with Gasteiger partial charge in [0.1, 0.15) is 5.00 Å². The Morgan fingerprint density at radius 3 is 2.45 bits per heavy atom. The van der Waals surface area contributed by atoms with Crippen molar-refractivity contribution in [2.45, 2.75) is 104 Å². The summed E-state index contributed by atoms with van der Waals surface area (Å²) in [5.74, 6) is 0.592. The molecule has 0 radical (unpaired) electrons. The zero-order valence-corrected chi connectivity index (χ0v) is 21.6. The van der Waals surface area contributed by atoms with Crippen LogP contribution in [0.2, 0.25) is 0 Å². The highest BCUT2D eigenvalue weighted by atomic mass is 32.1. The Balaban J connectivity index is 1.58. The first kappa shape index (κ1) is 25.7. The Hall–Kier alpha value is -1.94. The third-order valence-corrected chi connectivity index (χ3v) is 7.63. The highest BCUT2D eigenvalue weighted by molar-refractivity contribution is 7.14. The molecule has 0 aliphatic heterocycles. The average molecular weight is 466 g/mol. The molecule has 0 saturated carbocycles. The van der Waals surface area contributed by atoms with Crippen LogP contribution in [-0.4, -0.2) is 12.1 Å². The molecular weight excluding hydrogens is 422 g/mol. The summed E-state index contributed by atoms with van der Waals surface area (Å²) in [7, 11) is 0. The summed E-state index contributed by atoms with van der Waals surface area (Å²) in [5, 5.41) is 14.9. The van der Waals surface area contributed by atoms with Gasteiger partial charge in [-0.2, -0.15) is 0 Å². The number of rotatable bonds is 9. The fourth-order valence-corrected chi connectivity index (χ4v) is 5.71. The van der Waals surface area contributed by atoms with Gasteiger partial charge in [-0.1, -0.05) is 71.3 Å². The van der Waals surface area contributed by atoms with E-state index in [9.17, 15) is 0 Å². The number of hydrogen-bond donors (Lipinski definition) is 2. The molecule has 0 saturated heterocycles. The monoisotopic (exact) mass is 465 g/mol. The predicted molar refractivity (Wildman–Crippen MR) is 147 cm³/mol. The van der Waals surface area contributed by atoms with Crippen molar-refractivity contribution in [3.8, 4) is 0 Å². The number of aryl methyl sites for hydroxylation is 2. The molecule has 1 aromatic carbocycles. The van der Waals surface area contributed by atoms with Gasteiger partial charge in [0.05, 0.1) is 6.34 Å². The van der Waals surface area contributed by atoms with Crippen LogP contribution < -0.4 is 5.32 Å². The number of nitrogens with one attached hydrogen (secondary N) is 2. The van der Waals surface area contributed by atoms with Crippen molar-refractivity contribution >= 4 is 34.1 Å². The molecule has 1 aliphatic rings. The van der Waals surface area contributed by atoms with Crippen LogP contribution in [0.4, 0.5) is 10.7 Å². The third-order valence-electron chi connectivity index (χ3n) is 6.77. The first-order valence-corrected chi connectivity index (χ1v) is 14.1. The lowest BCUT2D eigenvalue weighted by Gasteiger charge is -2.13. The van der Waals surface area contributed by atoms with Crippen molar-refractivity contribution < 1.29 is 0 Å². The summed E-state index contributed by atoms with van der Waals surface area (Å²) in [6, 6.07) is 8.99. The maximum Gasteiger partial charge on any atom is 0.121 e. The smallest absolute Gasteiger partial charge is 0.121 e. The summed E-state index contributed by atoms with van der Waals surface area (Å²) < 4.78 is 0. The standard InChI is InChI=1S/C29H43N3S/c1-3-12-23(2)19-27(30)20-26-17-18-33-29(26)32-22-31-28-16-15-24-13-10-8-6-4-5-7-9-11-14-25(24)21-28/h15-18,21-23,30H,3-14,19-20H2,1-2H3,(H,31,32). The molecular formula is C29H43N3S. The fourth-order valence-electron chi connectivity index (χ4n) is 4.94. The van der Waals surface area contributed by atoms with Crippen LogP contribution in [-0.2, 0) is 19.3 Å². The zero-order chi connectivity index (χ0) is 23.3. The summed E-state index contributed by atoms with van der Waals surface area (Å²) in [4.78, 5) is 4.71. The van der Waals surface area contributed by atoms with Gasteiger partial charge >= 0.3 is 0 Å². The number of anilines is 1. The third kappa shape index (κ3) is 9.08. The molecule has 2 N–H and O–H groups in total. The second-order valence-corrected chi connectivity index (χ2v) is 10.7. The van der Waals surface area contributed by atoms with Gasteiger partial charge in [-0.15, -0.1) is 11.3 Å². The molecule has 0 amide bonds. The van der Waals surface area contributed by atoms with Crippen LogP contribution in [0.1, 0.15) is 101 Å². The predicted octanol–water partition coefficient (Wildman–Crippen LogP) is 9.13. The van der Waals surface area contributed by atoms with Gasteiger partial charge in [-0.3, -0.25) is 0 Å². The lowest BCUT2D eigenvalue weighted by atomic mass is 9.94.